The molecule has 6 heteroatoms. The average Bonchev–Trinajstić information content (AvgIpc) is 3.57. The number of ketones is 1. The van der Waals surface area contributed by atoms with Gasteiger partial charge >= 0.3 is 5.97 Å². The van der Waals surface area contributed by atoms with Gasteiger partial charge in [-0.3, -0.25) is 14.4 Å². The Morgan fingerprint density at radius 3 is 2.22 bits per heavy atom. The van der Waals surface area contributed by atoms with Gasteiger partial charge in [-0.15, -0.1) is 0 Å². The van der Waals surface area contributed by atoms with Crippen LogP contribution >= 0.6 is 0 Å². The molecular weight excluding hydrogens is 406 g/mol. The van der Waals surface area contributed by atoms with Crippen LogP contribution in [0.2, 0.25) is 0 Å². The van der Waals surface area contributed by atoms with Gasteiger partial charge in [0, 0.05) is 0 Å². The predicted octanol–water partition coefficient (Wildman–Crippen LogP) is 3.67. The zero-order valence-corrected chi connectivity index (χ0v) is 17.4. The van der Waals surface area contributed by atoms with Crippen molar-refractivity contribution in [3.05, 3.63) is 71.8 Å². The molecule has 2 saturated carbocycles. The van der Waals surface area contributed by atoms with E-state index in [1.165, 1.54) is 17.9 Å². The molecule has 3 fully saturated rings. The summed E-state index contributed by atoms with van der Waals surface area (Å²) in [5, 5.41) is 0. The Morgan fingerprint density at radius 1 is 0.906 bits per heavy atom. The highest BCUT2D eigenvalue weighted by molar-refractivity contribution is 6.23. The van der Waals surface area contributed by atoms with Crippen molar-refractivity contribution in [2.24, 2.45) is 35.5 Å². The van der Waals surface area contributed by atoms with Gasteiger partial charge in [-0.2, -0.15) is 0 Å². The number of nitrogens with zero attached hydrogens (tertiary/aromatic N) is 1. The summed E-state index contributed by atoms with van der Waals surface area (Å²) in [6, 6.07) is 12.9. The maximum absolute atomic E-state index is 13.3. The molecule has 6 nitrogen and oxygen atoms in total. The summed E-state index contributed by atoms with van der Waals surface area (Å²) in [5.41, 5.74) is 0.907. The van der Waals surface area contributed by atoms with Gasteiger partial charge in [0.05, 0.1) is 28.7 Å². The van der Waals surface area contributed by atoms with E-state index in [1.54, 1.807) is 42.5 Å². The second kappa shape index (κ2) is 6.73. The van der Waals surface area contributed by atoms with Crippen LogP contribution in [0.3, 0.4) is 0 Å². The molecule has 4 aliphatic carbocycles. The molecule has 0 N–H and O–H groups in total. The van der Waals surface area contributed by atoms with Crippen LogP contribution in [-0.2, 0) is 9.59 Å². The summed E-state index contributed by atoms with van der Waals surface area (Å²) < 4.78 is 5.46. The van der Waals surface area contributed by atoms with Gasteiger partial charge in [0.25, 0.3) is 0 Å². The predicted molar refractivity (Wildman–Crippen MR) is 115 cm³/mol. The molecule has 0 radical (unpaired) electrons. The number of carbonyl (C=O) groups excluding carboxylic acids is 4. The molecule has 1 aliphatic heterocycles. The maximum Gasteiger partial charge on any atom is 0.343 e. The SMILES string of the molecule is CC(=O)c1ccccc1OC(=O)c1cccc(N2C(=O)[C@@H]3[C@H]4C=C[C@@H]([C@@H]5C[C@H]45)[C@@H]3C2=O)c1. The number of amides is 2. The first-order valence-corrected chi connectivity index (χ1v) is 10.9. The maximum atomic E-state index is 13.3. The quantitative estimate of drug-likeness (QED) is 0.245. The molecule has 0 unspecified atom stereocenters. The standard InChI is InChI=1S/C26H21NO5/c1-13(28)16-7-2-3-8-21(16)32-26(31)14-5-4-6-15(11-14)27-24(29)22-17-9-10-18(20-12-19(17)20)23(22)25(27)30/h2-11,17-20,22-23H,12H2,1H3/t17-,18-,19-,20+,22-,23+/m0/s1. The lowest BCUT2D eigenvalue weighted by molar-refractivity contribution is -0.124. The Labute approximate surface area is 184 Å². The molecule has 2 bridgehead atoms. The molecule has 2 aromatic rings. The molecule has 2 amide bonds. The van der Waals surface area contributed by atoms with E-state index < -0.39 is 5.97 Å². The van der Waals surface area contributed by atoms with E-state index in [9.17, 15) is 19.2 Å². The third kappa shape index (κ3) is 2.65. The third-order valence-electron chi connectivity index (χ3n) is 7.47. The smallest absolute Gasteiger partial charge is 0.343 e. The largest absolute Gasteiger partial charge is 0.422 e. The highest BCUT2D eigenvalue weighted by Crippen LogP contribution is 2.65. The minimum atomic E-state index is -0.653. The second-order valence-corrected chi connectivity index (χ2v) is 9.16. The minimum absolute atomic E-state index is 0.146. The van der Waals surface area contributed by atoms with Crippen LogP contribution in [0.15, 0.2) is 60.7 Å². The normalized spacial score (nSPS) is 31.3. The Bertz CT molecular complexity index is 1190. The first-order chi connectivity index (χ1) is 15.5. The summed E-state index contributed by atoms with van der Waals surface area (Å²) in [6.45, 7) is 1.41. The molecule has 1 heterocycles. The van der Waals surface area contributed by atoms with Crippen LogP contribution in [0.5, 0.6) is 5.75 Å². The molecule has 32 heavy (non-hydrogen) atoms. The lowest BCUT2D eigenvalue weighted by atomic mass is 9.63. The number of benzene rings is 2. The van der Waals surface area contributed by atoms with Crippen LogP contribution in [0.25, 0.3) is 0 Å². The van der Waals surface area contributed by atoms with Gasteiger partial charge in [0.2, 0.25) is 11.8 Å². The van der Waals surface area contributed by atoms with E-state index in [1.807, 2.05) is 0 Å². The Balaban J connectivity index is 1.29. The van der Waals surface area contributed by atoms with Crippen molar-refractivity contribution in [1.29, 1.82) is 0 Å². The van der Waals surface area contributed by atoms with Crippen molar-refractivity contribution < 1.29 is 23.9 Å². The number of Topliss-reactive ketones (excluding diaryl/α,β-unsaturated/α-hetero) is 1. The highest BCUT2D eigenvalue weighted by atomic mass is 16.5. The molecule has 1 saturated heterocycles. The number of anilines is 1. The number of hydrogen-bond donors (Lipinski definition) is 0. The second-order valence-electron chi connectivity index (χ2n) is 9.16. The number of hydrogen-bond acceptors (Lipinski definition) is 5. The van der Waals surface area contributed by atoms with Gasteiger partial charge in [-0.05, 0) is 67.3 Å². The fourth-order valence-corrected chi connectivity index (χ4v) is 5.99. The molecule has 160 valence electrons. The van der Waals surface area contributed by atoms with Crippen molar-refractivity contribution >= 4 is 29.3 Å². The first kappa shape index (κ1) is 19.2. The Kier molecular flexibility index (Phi) is 4.03. The monoisotopic (exact) mass is 427 g/mol. The van der Waals surface area contributed by atoms with Crippen LogP contribution in [0, 0.1) is 35.5 Å². The van der Waals surface area contributed by atoms with E-state index in [0.717, 1.165) is 6.42 Å². The summed E-state index contributed by atoms with van der Waals surface area (Å²) in [5.74, 6) is -0.250. The van der Waals surface area contributed by atoms with Crippen LogP contribution in [-0.4, -0.2) is 23.6 Å². The van der Waals surface area contributed by atoms with E-state index in [2.05, 4.69) is 12.2 Å². The zero-order valence-electron chi connectivity index (χ0n) is 17.4. The third-order valence-corrected chi connectivity index (χ3v) is 7.47. The van der Waals surface area contributed by atoms with Crippen molar-refractivity contribution in [3.63, 3.8) is 0 Å². The van der Waals surface area contributed by atoms with Crippen LogP contribution in [0.4, 0.5) is 5.69 Å². The lowest BCUT2D eigenvalue weighted by Gasteiger charge is -2.37. The lowest BCUT2D eigenvalue weighted by Crippen LogP contribution is -2.40. The molecule has 5 aliphatic rings. The Hall–Kier alpha value is -3.54. The van der Waals surface area contributed by atoms with E-state index in [4.69, 9.17) is 4.74 Å². The number of ether oxygens (including phenoxy) is 1. The summed E-state index contributed by atoms with van der Waals surface area (Å²) >= 11 is 0. The minimum Gasteiger partial charge on any atom is -0.422 e. The first-order valence-electron chi connectivity index (χ1n) is 10.9. The number of imide groups is 1. The van der Waals surface area contributed by atoms with Gasteiger partial charge < -0.3 is 4.74 Å². The topological polar surface area (TPSA) is 80.8 Å². The van der Waals surface area contributed by atoms with Crippen molar-refractivity contribution in [3.8, 4) is 5.75 Å². The van der Waals surface area contributed by atoms with E-state index in [-0.39, 0.29) is 52.6 Å². The van der Waals surface area contributed by atoms with Crippen molar-refractivity contribution in [1.82, 2.24) is 0 Å². The van der Waals surface area contributed by atoms with Gasteiger partial charge in [-0.1, -0.05) is 30.4 Å². The Morgan fingerprint density at radius 2 is 1.56 bits per heavy atom. The molecule has 0 spiro atoms. The fraction of sp³-hybridized carbons (Fsp3) is 0.308. The zero-order chi connectivity index (χ0) is 22.1. The fourth-order valence-electron chi connectivity index (χ4n) is 5.99. The number of allylic oxidation sites excluding steroid dienone is 2. The molecule has 6 atom stereocenters. The number of esters is 1. The van der Waals surface area contributed by atoms with Crippen molar-refractivity contribution in [2.75, 3.05) is 4.90 Å². The van der Waals surface area contributed by atoms with Crippen LogP contribution < -0.4 is 9.64 Å². The highest BCUT2D eigenvalue weighted by Gasteiger charge is 2.67. The van der Waals surface area contributed by atoms with Gasteiger partial charge in [0.1, 0.15) is 5.75 Å². The van der Waals surface area contributed by atoms with Crippen LogP contribution in [0.1, 0.15) is 34.1 Å². The average molecular weight is 427 g/mol. The summed E-state index contributed by atoms with van der Waals surface area (Å²) in [7, 11) is 0. The molecule has 0 aromatic heterocycles. The van der Waals surface area contributed by atoms with Gasteiger partial charge in [0.15, 0.2) is 5.78 Å². The summed E-state index contributed by atoms with van der Waals surface area (Å²) in [6.07, 6.45) is 5.38. The summed E-state index contributed by atoms with van der Waals surface area (Å²) in [4.78, 5) is 52.5. The van der Waals surface area contributed by atoms with E-state index in [0.29, 0.717) is 23.1 Å². The van der Waals surface area contributed by atoms with E-state index >= 15 is 0 Å². The molecule has 7 rings (SSSR count). The number of carbonyl (C=O) groups is 4. The number of para-hydroxylation sites is 1. The molecule has 2 aromatic carbocycles. The number of rotatable bonds is 4. The van der Waals surface area contributed by atoms with Crippen molar-refractivity contribution in [2.45, 2.75) is 13.3 Å². The van der Waals surface area contributed by atoms with Gasteiger partial charge in [-0.25, -0.2) is 9.69 Å². The molecular formula is C26H21NO5.